The number of benzene rings is 1. The highest BCUT2D eigenvalue weighted by Crippen LogP contribution is 2.48. The lowest BCUT2D eigenvalue weighted by atomic mass is 9.83. The standard InChI is InChI=1S/C25H25N5O/c1-24(2,31)23-26-14-17(15-27-23)19-9-10-20-22(29-19)30-21(28-20)8-5-12-25(30)13-11-16-6-3-4-7-18(16)25/h3-4,6-7,9-10,14-15,31H,5,8,11-13H2,1-2H3. The van der Waals surface area contributed by atoms with E-state index < -0.39 is 5.60 Å². The molecular weight excluding hydrogens is 386 g/mol. The van der Waals surface area contributed by atoms with E-state index in [9.17, 15) is 5.11 Å². The maximum absolute atomic E-state index is 10.1. The van der Waals surface area contributed by atoms with E-state index in [4.69, 9.17) is 9.97 Å². The second kappa shape index (κ2) is 6.44. The van der Waals surface area contributed by atoms with Crippen LogP contribution < -0.4 is 0 Å². The first kappa shape index (κ1) is 18.6. The molecular formula is C25H25N5O. The predicted octanol–water partition coefficient (Wildman–Crippen LogP) is 4.14. The second-order valence-electron chi connectivity index (χ2n) is 9.30. The van der Waals surface area contributed by atoms with Gasteiger partial charge in [-0.15, -0.1) is 0 Å². The van der Waals surface area contributed by atoms with Crippen molar-refractivity contribution in [3.8, 4) is 11.3 Å². The van der Waals surface area contributed by atoms with Crippen molar-refractivity contribution in [2.45, 2.75) is 57.1 Å². The SMILES string of the molecule is CC(C)(O)c1ncc(-c2ccc3nc4n(c3n2)C2(CCC4)CCc3ccccc32)cn1. The molecule has 0 amide bonds. The van der Waals surface area contributed by atoms with Gasteiger partial charge in [0.1, 0.15) is 16.9 Å². The number of nitrogens with zero attached hydrogens (tertiary/aromatic N) is 5. The van der Waals surface area contributed by atoms with Crippen molar-refractivity contribution in [1.82, 2.24) is 24.5 Å². The topological polar surface area (TPSA) is 76.7 Å². The summed E-state index contributed by atoms with van der Waals surface area (Å²) in [6, 6.07) is 12.9. The highest BCUT2D eigenvalue weighted by molar-refractivity contribution is 5.77. The highest BCUT2D eigenvalue weighted by Gasteiger charge is 2.44. The molecule has 6 nitrogen and oxygen atoms in total. The number of imidazole rings is 1. The molecule has 1 aromatic carbocycles. The van der Waals surface area contributed by atoms with Gasteiger partial charge in [-0.1, -0.05) is 24.3 Å². The molecule has 4 heterocycles. The van der Waals surface area contributed by atoms with Gasteiger partial charge in [0.15, 0.2) is 11.5 Å². The number of rotatable bonds is 2. The van der Waals surface area contributed by atoms with Gasteiger partial charge in [0.05, 0.1) is 11.2 Å². The zero-order valence-electron chi connectivity index (χ0n) is 17.8. The number of aromatic nitrogens is 5. The summed E-state index contributed by atoms with van der Waals surface area (Å²) in [6.07, 6.45) is 8.93. The van der Waals surface area contributed by atoms with Crippen LogP contribution in [0.25, 0.3) is 22.4 Å². The van der Waals surface area contributed by atoms with E-state index in [0.717, 1.165) is 60.3 Å². The summed E-state index contributed by atoms with van der Waals surface area (Å²) in [5.74, 6) is 1.54. The average molecular weight is 412 g/mol. The fourth-order valence-corrected chi connectivity index (χ4v) is 5.37. The Morgan fingerprint density at radius 2 is 1.77 bits per heavy atom. The van der Waals surface area contributed by atoms with E-state index in [1.165, 1.54) is 11.1 Å². The van der Waals surface area contributed by atoms with E-state index >= 15 is 0 Å². The summed E-state index contributed by atoms with van der Waals surface area (Å²) >= 11 is 0. The van der Waals surface area contributed by atoms with Crippen LogP contribution in [-0.2, 0) is 24.0 Å². The van der Waals surface area contributed by atoms with E-state index in [-0.39, 0.29) is 5.54 Å². The van der Waals surface area contributed by atoms with Crippen molar-refractivity contribution < 1.29 is 5.11 Å². The van der Waals surface area contributed by atoms with Crippen LogP contribution in [0.1, 0.15) is 55.9 Å². The van der Waals surface area contributed by atoms with Gasteiger partial charge in [0.25, 0.3) is 0 Å². The summed E-state index contributed by atoms with van der Waals surface area (Å²) in [4.78, 5) is 18.7. The van der Waals surface area contributed by atoms with Gasteiger partial charge in [-0.3, -0.25) is 0 Å². The molecule has 1 N–H and O–H groups in total. The maximum atomic E-state index is 10.1. The van der Waals surface area contributed by atoms with Crippen molar-refractivity contribution >= 4 is 11.2 Å². The molecule has 2 aliphatic rings. The molecule has 1 aliphatic carbocycles. The second-order valence-corrected chi connectivity index (χ2v) is 9.30. The fraction of sp³-hybridized carbons (Fsp3) is 0.360. The summed E-state index contributed by atoms with van der Waals surface area (Å²) < 4.78 is 2.42. The minimum Gasteiger partial charge on any atom is -0.382 e. The summed E-state index contributed by atoms with van der Waals surface area (Å²) in [5, 5.41) is 10.1. The van der Waals surface area contributed by atoms with Crippen LogP contribution >= 0.6 is 0 Å². The number of aliphatic hydroxyl groups is 1. The Bertz CT molecular complexity index is 1300. The molecule has 0 saturated heterocycles. The molecule has 1 atom stereocenters. The van der Waals surface area contributed by atoms with Crippen molar-refractivity contribution in [2.75, 3.05) is 0 Å². The number of aryl methyl sites for hydroxylation is 2. The monoisotopic (exact) mass is 411 g/mol. The quantitative estimate of drug-likeness (QED) is 0.536. The number of hydrogen-bond donors (Lipinski definition) is 1. The van der Waals surface area contributed by atoms with E-state index in [1.54, 1.807) is 26.2 Å². The Kier molecular flexibility index (Phi) is 3.87. The number of fused-ring (bicyclic) bond motifs is 6. The molecule has 156 valence electrons. The van der Waals surface area contributed by atoms with Crippen molar-refractivity contribution in [1.29, 1.82) is 0 Å². The largest absolute Gasteiger partial charge is 0.382 e. The third kappa shape index (κ3) is 2.74. The minimum atomic E-state index is -1.07. The first-order valence-electron chi connectivity index (χ1n) is 11.0. The fourth-order valence-electron chi connectivity index (χ4n) is 5.37. The van der Waals surface area contributed by atoms with Crippen molar-refractivity contribution in [3.05, 3.63) is 71.6 Å². The van der Waals surface area contributed by atoms with Gasteiger partial charge < -0.3 is 9.67 Å². The van der Waals surface area contributed by atoms with E-state index in [0.29, 0.717) is 5.82 Å². The first-order chi connectivity index (χ1) is 15.0. The molecule has 6 heteroatoms. The zero-order valence-corrected chi connectivity index (χ0v) is 17.8. The Balaban J connectivity index is 1.52. The molecule has 6 rings (SSSR count). The lowest BCUT2D eigenvalue weighted by Gasteiger charge is -2.37. The predicted molar refractivity (Wildman–Crippen MR) is 119 cm³/mol. The van der Waals surface area contributed by atoms with Crippen LogP contribution in [0.3, 0.4) is 0 Å². The molecule has 0 radical (unpaired) electrons. The third-order valence-corrected chi connectivity index (χ3v) is 6.81. The lowest BCUT2D eigenvalue weighted by Crippen LogP contribution is -2.37. The molecule has 0 fully saturated rings. The molecule has 1 unspecified atom stereocenters. The van der Waals surface area contributed by atoms with Crippen LogP contribution in [0.2, 0.25) is 0 Å². The lowest BCUT2D eigenvalue weighted by molar-refractivity contribution is 0.0687. The highest BCUT2D eigenvalue weighted by atomic mass is 16.3. The third-order valence-electron chi connectivity index (χ3n) is 6.81. The van der Waals surface area contributed by atoms with Gasteiger partial charge in [-0.2, -0.15) is 0 Å². The summed E-state index contributed by atoms with van der Waals surface area (Å²) in [5.41, 5.74) is 5.30. The number of hydrogen-bond acceptors (Lipinski definition) is 5. The maximum Gasteiger partial charge on any atom is 0.161 e. The molecule has 3 aromatic heterocycles. The van der Waals surface area contributed by atoms with E-state index in [1.807, 2.05) is 6.07 Å². The van der Waals surface area contributed by atoms with Crippen LogP contribution in [0, 0.1) is 0 Å². The normalized spacial score (nSPS) is 20.2. The Morgan fingerprint density at radius 3 is 2.58 bits per heavy atom. The summed E-state index contributed by atoms with van der Waals surface area (Å²) in [7, 11) is 0. The average Bonchev–Trinajstić information content (AvgIpc) is 3.33. The van der Waals surface area contributed by atoms with E-state index in [2.05, 4.69) is 44.9 Å². The van der Waals surface area contributed by atoms with Crippen LogP contribution in [-0.4, -0.2) is 29.6 Å². The van der Waals surface area contributed by atoms with Crippen molar-refractivity contribution in [3.63, 3.8) is 0 Å². The van der Waals surface area contributed by atoms with Crippen molar-refractivity contribution in [2.24, 2.45) is 0 Å². The Labute approximate surface area is 181 Å². The molecule has 0 saturated carbocycles. The number of pyridine rings is 1. The molecule has 31 heavy (non-hydrogen) atoms. The summed E-state index contributed by atoms with van der Waals surface area (Å²) in [6.45, 7) is 3.37. The van der Waals surface area contributed by atoms with Crippen LogP contribution in [0.4, 0.5) is 0 Å². The van der Waals surface area contributed by atoms with Gasteiger partial charge in [0.2, 0.25) is 0 Å². The molecule has 0 bridgehead atoms. The Morgan fingerprint density at radius 1 is 0.968 bits per heavy atom. The molecule has 1 spiro atoms. The van der Waals surface area contributed by atoms with Crippen LogP contribution in [0.5, 0.6) is 0 Å². The van der Waals surface area contributed by atoms with Gasteiger partial charge in [0, 0.05) is 24.4 Å². The first-order valence-corrected chi connectivity index (χ1v) is 11.0. The smallest absolute Gasteiger partial charge is 0.161 e. The minimum absolute atomic E-state index is 0.0498. The van der Waals surface area contributed by atoms with Crippen LogP contribution in [0.15, 0.2) is 48.8 Å². The van der Waals surface area contributed by atoms with Gasteiger partial charge in [-0.25, -0.2) is 19.9 Å². The van der Waals surface area contributed by atoms with Gasteiger partial charge in [-0.05, 0) is 62.8 Å². The molecule has 1 aliphatic heterocycles. The van der Waals surface area contributed by atoms with Gasteiger partial charge >= 0.3 is 0 Å². The zero-order chi connectivity index (χ0) is 21.2. The molecule has 4 aromatic rings. The Hall–Kier alpha value is -3.12.